The van der Waals surface area contributed by atoms with Crippen molar-refractivity contribution in [3.63, 3.8) is 0 Å². The van der Waals surface area contributed by atoms with E-state index in [1.165, 1.54) is 4.31 Å². The van der Waals surface area contributed by atoms with Crippen molar-refractivity contribution in [1.29, 1.82) is 0 Å². The van der Waals surface area contributed by atoms with Crippen LogP contribution in [0.3, 0.4) is 0 Å². The lowest BCUT2D eigenvalue weighted by atomic mass is 10.1. The van der Waals surface area contributed by atoms with Crippen molar-refractivity contribution in [2.45, 2.75) is 31.1 Å². The standard InChI is InChI=1S/C7H14ClNO2S2/c1-6-3-4-7(5-12-6)9(2)13(8,10)11/h6-7H,3-5H2,1-2H3. The first-order chi connectivity index (χ1) is 5.91. The number of hydrogen-bond donors (Lipinski definition) is 0. The van der Waals surface area contributed by atoms with Gasteiger partial charge in [-0.3, -0.25) is 0 Å². The molecule has 3 nitrogen and oxygen atoms in total. The summed E-state index contributed by atoms with van der Waals surface area (Å²) >= 11 is 1.81. The Labute approximate surface area is 88.4 Å². The van der Waals surface area contributed by atoms with Crippen LogP contribution in [0.25, 0.3) is 0 Å². The summed E-state index contributed by atoms with van der Waals surface area (Å²) in [7, 11) is 3.26. The summed E-state index contributed by atoms with van der Waals surface area (Å²) < 4.78 is 23.3. The first-order valence-electron chi connectivity index (χ1n) is 4.20. The Balaban J connectivity index is 2.55. The van der Waals surface area contributed by atoms with Crippen LogP contribution in [0.4, 0.5) is 0 Å². The maximum Gasteiger partial charge on any atom is 0.299 e. The second kappa shape index (κ2) is 4.38. The summed E-state index contributed by atoms with van der Waals surface area (Å²) in [5.74, 6) is 0.851. The highest BCUT2D eigenvalue weighted by atomic mass is 35.7. The van der Waals surface area contributed by atoms with E-state index in [4.69, 9.17) is 10.7 Å². The van der Waals surface area contributed by atoms with Crippen LogP contribution in [0.5, 0.6) is 0 Å². The summed E-state index contributed by atoms with van der Waals surface area (Å²) in [6.45, 7) is 2.16. The fourth-order valence-electron chi connectivity index (χ4n) is 1.33. The van der Waals surface area contributed by atoms with Crippen LogP contribution < -0.4 is 0 Å². The SMILES string of the molecule is CC1CCC(N(C)S(=O)(=O)Cl)CS1. The number of halogens is 1. The third-order valence-corrected chi connectivity index (χ3v) is 5.36. The van der Waals surface area contributed by atoms with Crippen molar-refractivity contribution in [3.05, 3.63) is 0 Å². The monoisotopic (exact) mass is 243 g/mol. The largest absolute Gasteiger partial charge is 0.299 e. The van der Waals surface area contributed by atoms with Crippen molar-refractivity contribution in [2.24, 2.45) is 0 Å². The molecule has 0 spiro atoms. The lowest BCUT2D eigenvalue weighted by Crippen LogP contribution is -2.38. The van der Waals surface area contributed by atoms with Gasteiger partial charge in [-0.05, 0) is 12.8 Å². The van der Waals surface area contributed by atoms with Gasteiger partial charge in [0.2, 0.25) is 0 Å². The third-order valence-electron chi connectivity index (χ3n) is 2.34. The van der Waals surface area contributed by atoms with Gasteiger partial charge >= 0.3 is 0 Å². The average molecular weight is 244 g/mol. The van der Waals surface area contributed by atoms with Crippen LogP contribution in [-0.2, 0) is 9.24 Å². The van der Waals surface area contributed by atoms with Gasteiger partial charge in [-0.15, -0.1) is 0 Å². The van der Waals surface area contributed by atoms with E-state index in [2.05, 4.69) is 6.92 Å². The molecule has 78 valence electrons. The fraction of sp³-hybridized carbons (Fsp3) is 1.00. The normalized spacial score (nSPS) is 30.8. The van der Waals surface area contributed by atoms with Gasteiger partial charge in [-0.1, -0.05) is 6.92 Å². The van der Waals surface area contributed by atoms with E-state index in [-0.39, 0.29) is 6.04 Å². The molecule has 0 saturated carbocycles. The Hall–Kier alpha value is 0.550. The van der Waals surface area contributed by atoms with Gasteiger partial charge in [0.15, 0.2) is 0 Å². The molecule has 0 aromatic rings. The van der Waals surface area contributed by atoms with E-state index in [0.717, 1.165) is 18.6 Å². The summed E-state index contributed by atoms with van der Waals surface area (Å²) in [4.78, 5) is 0. The van der Waals surface area contributed by atoms with Crippen LogP contribution in [0.15, 0.2) is 0 Å². The summed E-state index contributed by atoms with van der Waals surface area (Å²) in [5.41, 5.74) is 0. The van der Waals surface area contributed by atoms with Gasteiger partial charge in [0.25, 0.3) is 9.24 Å². The van der Waals surface area contributed by atoms with E-state index >= 15 is 0 Å². The van der Waals surface area contributed by atoms with Crippen LogP contribution >= 0.6 is 22.4 Å². The van der Waals surface area contributed by atoms with E-state index in [9.17, 15) is 8.42 Å². The van der Waals surface area contributed by atoms with Crippen molar-refractivity contribution in [2.75, 3.05) is 12.8 Å². The molecule has 0 N–H and O–H groups in total. The van der Waals surface area contributed by atoms with Gasteiger partial charge in [-0.25, -0.2) is 0 Å². The Morgan fingerprint density at radius 3 is 2.46 bits per heavy atom. The highest BCUT2D eigenvalue weighted by Crippen LogP contribution is 2.28. The molecule has 1 fully saturated rings. The van der Waals surface area contributed by atoms with Crippen LogP contribution in [0.2, 0.25) is 0 Å². The molecule has 0 aliphatic carbocycles. The Bertz CT molecular complexity index is 260. The molecule has 1 saturated heterocycles. The molecule has 13 heavy (non-hydrogen) atoms. The number of rotatable bonds is 2. The van der Waals surface area contributed by atoms with E-state index in [1.807, 2.05) is 0 Å². The van der Waals surface area contributed by atoms with E-state index < -0.39 is 9.24 Å². The minimum atomic E-state index is -3.53. The molecule has 2 atom stereocenters. The van der Waals surface area contributed by atoms with Crippen LogP contribution in [-0.4, -0.2) is 36.8 Å². The molecule has 0 aromatic heterocycles. The van der Waals surface area contributed by atoms with Crippen molar-refractivity contribution in [1.82, 2.24) is 4.31 Å². The second-order valence-corrected chi connectivity index (χ2v) is 7.37. The maximum atomic E-state index is 11.0. The quantitative estimate of drug-likeness (QED) is 0.693. The zero-order valence-corrected chi connectivity index (χ0v) is 10.1. The molecule has 0 bridgehead atoms. The molecule has 6 heteroatoms. The smallest absolute Gasteiger partial charge is 0.195 e. The maximum absolute atomic E-state index is 11.0. The van der Waals surface area contributed by atoms with E-state index in [0.29, 0.717) is 5.25 Å². The van der Waals surface area contributed by atoms with Gasteiger partial charge in [0.1, 0.15) is 0 Å². The van der Waals surface area contributed by atoms with Gasteiger partial charge in [0.05, 0.1) is 0 Å². The van der Waals surface area contributed by atoms with Crippen molar-refractivity contribution in [3.8, 4) is 0 Å². The van der Waals surface area contributed by atoms with Crippen molar-refractivity contribution >= 4 is 31.7 Å². The van der Waals surface area contributed by atoms with Crippen molar-refractivity contribution < 1.29 is 8.42 Å². The zero-order chi connectivity index (χ0) is 10.1. The predicted octanol–water partition coefficient (Wildman–Crippen LogP) is 1.69. The zero-order valence-electron chi connectivity index (χ0n) is 7.73. The third kappa shape index (κ3) is 3.31. The lowest BCUT2D eigenvalue weighted by Gasteiger charge is -2.30. The summed E-state index contributed by atoms with van der Waals surface area (Å²) in [6, 6.07) is 0.0729. The molecular formula is C7H14ClNO2S2. The topological polar surface area (TPSA) is 37.4 Å². The fourth-order valence-corrected chi connectivity index (χ4v) is 3.55. The minimum Gasteiger partial charge on any atom is -0.195 e. The molecule has 0 aromatic carbocycles. The minimum absolute atomic E-state index is 0.0729. The van der Waals surface area contributed by atoms with Crippen LogP contribution in [0.1, 0.15) is 19.8 Å². The molecule has 0 amide bonds. The number of nitrogens with zero attached hydrogens (tertiary/aromatic N) is 1. The second-order valence-electron chi connectivity index (χ2n) is 3.33. The Morgan fingerprint density at radius 2 is 2.08 bits per heavy atom. The molecule has 2 unspecified atom stereocenters. The first-order valence-corrected chi connectivity index (χ1v) is 7.52. The summed E-state index contributed by atoms with van der Waals surface area (Å²) in [6.07, 6.45) is 1.97. The number of thioether (sulfide) groups is 1. The lowest BCUT2D eigenvalue weighted by molar-refractivity contribution is 0.369. The molecule has 1 heterocycles. The van der Waals surface area contributed by atoms with Gasteiger partial charge in [-0.2, -0.15) is 24.5 Å². The summed E-state index contributed by atoms with van der Waals surface area (Å²) in [5, 5.41) is 0.641. The van der Waals surface area contributed by atoms with Crippen LogP contribution in [0, 0.1) is 0 Å². The van der Waals surface area contributed by atoms with Gasteiger partial charge < -0.3 is 0 Å². The highest BCUT2D eigenvalue weighted by Gasteiger charge is 2.28. The Kier molecular flexibility index (Phi) is 3.92. The predicted molar refractivity (Wildman–Crippen MR) is 57.5 cm³/mol. The van der Waals surface area contributed by atoms with Gasteiger partial charge in [0, 0.05) is 34.8 Å². The molecule has 1 rings (SSSR count). The first kappa shape index (κ1) is 11.6. The molecule has 0 radical (unpaired) electrons. The van der Waals surface area contributed by atoms with E-state index in [1.54, 1.807) is 18.8 Å². The highest BCUT2D eigenvalue weighted by molar-refractivity contribution is 8.11. The Morgan fingerprint density at radius 1 is 1.46 bits per heavy atom. The molecule has 1 aliphatic heterocycles. The molecule has 1 aliphatic rings. The average Bonchev–Trinajstić information content (AvgIpc) is 2.03. The molecular weight excluding hydrogens is 230 g/mol. The number of hydrogen-bond acceptors (Lipinski definition) is 3.